The Morgan fingerprint density at radius 3 is 2.38 bits per heavy atom. The molecule has 0 radical (unpaired) electrons. The van der Waals surface area contributed by atoms with Gasteiger partial charge in [0.1, 0.15) is 5.82 Å². The summed E-state index contributed by atoms with van der Waals surface area (Å²) in [6.45, 7) is 1.90. The van der Waals surface area contributed by atoms with Gasteiger partial charge in [-0.15, -0.1) is 12.4 Å². The average molecular weight is 349 g/mol. The van der Waals surface area contributed by atoms with Gasteiger partial charge in [-0.25, -0.2) is 4.39 Å². The molecule has 2 aromatic carbocycles. The molecule has 1 aliphatic rings. The minimum atomic E-state index is -0.415. The van der Waals surface area contributed by atoms with Crippen LogP contribution < -0.4 is 11.1 Å². The predicted octanol–water partition coefficient (Wildman–Crippen LogP) is 4.34. The van der Waals surface area contributed by atoms with Crippen LogP contribution >= 0.6 is 12.4 Å². The van der Waals surface area contributed by atoms with Crippen LogP contribution in [0.1, 0.15) is 47.2 Å². The smallest absolute Gasteiger partial charge is 0.252 e. The Bertz CT molecular complexity index is 725. The van der Waals surface area contributed by atoms with Gasteiger partial charge in [0, 0.05) is 11.3 Å². The van der Waals surface area contributed by atoms with Crippen molar-refractivity contribution in [1.82, 2.24) is 5.32 Å². The Morgan fingerprint density at radius 2 is 1.75 bits per heavy atom. The second-order valence-electron chi connectivity index (χ2n) is 6.32. The van der Waals surface area contributed by atoms with Crippen molar-refractivity contribution < 1.29 is 9.18 Å². The molecule has 0 aromatic heterocycles. The fourth-order valence-corrected chi connectivity index (χ4v) is 3.40. The maximum atomic E-state index is 13.2. The molecule has 0 saturated heterocycles. The summed E-state index contributed by atoms with van der Waals surface area (Å²) >= 11 is 0. The number of halogens is 2. The molecule has 3 rings (SSSR count). The summed E-state index contributed by atoms with van der Waals surface area (Å²) in [7, 11) is 0. The number of amides is 1. The Balaban J connectivity index is 0.00000208. The van der Waals surface area contributed by atoms with E-state index in [4.69, 9.17) is 5.73 Å². The molecular formula is C19H22ClFN2O. The molecule has 0 spiro atoms. The second-order valence-corrected chi connectivity index (χ2v) is 6.32. The molecule has 128 valence electrons. The Morgan fingerprint density at radius 1 is 1.12 bits per heavy atom. The van der Waals surface area contributed by atoms with E-state index in [1.54, 1.807) is 24.3 Å². The standard InChI is InChI=1S/C19H21FN2O.ClH/c1-13-4-9-16(21)12-17(13)18(23)22-19(10-2-3-11-19)14-5-7-15(20)8-6-14;/h4-9,12H,2-3,10-11,21H2,1H3,(H,22,23);1H. The molecule has 0 heterocycles. The maximum absolute atomic E-state index is 13.2. The van der Waals surface area contributed by atoms with E-state index in [-0.39, 0.29) is 24.1 Å². The number of aryl methyl sites for hydroxylation is 1. The van der Waals surface area contributed by atoms with E-state index in [0.29, 0.717) is 11.3 Å². The number of carbonyl (C=O) groups excluding carboxylic acids is 1. The number of nitrogens with two attached hydrogens (primary N) is 1. The Kier molecular flexibility index (Phi) is 5.50. The first-order valence-electron chi connectivity index (χ1n) is 7.95. The molecule has 3 N–H and O–H groups in total. The minimum absolute atomic E-state index is 0. The average Bonchev–Trinajstić information content (AvgIpc) is 3.00. The number of hydrogen-bond donors (Lipinski definition) is 2. The second kappa shape index (κ2) is 7.22. The first-order chi connectivity index (χ1) is 11.0. The number of anilines is 1. The largest absolute Gasteiger partial charge is 0.399 e. The molecule has 1 fully saturated rings. The fourth-order valence-electron chi connectivity index (χ4n) is 3.40. The van der Waals surface area contributed by atoms with Gasteiger partial charge in [-0.1, -0.05) is 31.0 Å². The highest BCUT2D eigenvalue weighted by Gasteiger charge is 2.37. The van der Waals surface area contributed by atoms with E-state index in [1.165, 1.54) is 12.1 Å². The van der Waals surface area contributed by atoms with Gasteiger partial charge in [0.05, 0.1) is 5.54 Å². The van der Waals surface area contributed by atoms with Crippen LogP contribution in [0.5, 0.6) is 0 Å². The molecule has 0 unspecified atom stereocenters. The quantitative estimate of drug-likeness (QED) is 0.811. The van der Waals surface area contributed by atoms with Crippen molar-refractivity contribution in [3.05, 3.63) is 65.0 Å². The van der Waals surface area contributed by atoms with Crippen LogP contribution in [0.15, 0.2) is 42.5 Å². The van der Waals surface area contributed by atoms with Gasteiger partial charge in [-0.2, -0.15) is 0 Å². The number of benzene rings is 2. The van der Waals surface area contributed by atoms with Crippen molar-refractivity contribution in [3.63, 3.8) is 0 Å². The van der Waals surface area contributed by atoms with E-state index in [9.17, 15) is 9.18 Å². The Hall–Kier alpha value is -2.07. The third kappa shape index (κ3) is 3.54. The molecule has 0 bridgehead atoms. The number of carbonyl (C=O) groups is 1. The molecule has 3 nitrogen and oxygen atoms in total. The summed E-state index contributed by atoms with van der Waals surface area (Å²) in [5.74, 6) is -0.388. The van der Waals surface area contributed by atoms with E-state index in [1.807, 2.05) is 13.0 Å². The van der Waals surface area contributed by atoms with Gasteiger partial charge in [-0.3, -0.25) is 4.79 Å². The zero-order valence-corrected chi connectivity index (χ0v) is 14.5. The lowest BCUT2D eigenvalue weighted by atomic mass is 9.87. The molecule has 2 aromatic rings. The zero-order valence-electron chi connectivity index (χ0n) is 13.6. The van der Waals surface area contributed by atoms with Crippen molar-refractivity contribution in [2.24, 2.45) is 0 Å². The van der Waals surface area contributed by atoms with E-state index in [2.05, 4.69) is 5.32 Å². The van der Waals surface area contributed by atoms with Gasteiger partial charge in [-0.05, 0) is 55.2 Å². The number of hydrogen-bond acceptors (Lipinski definition) is 2. The summed E-state index contributed by atoms with van der Waals surface area (Å²) in [4.78, 5) is 12.8. The lowest BCUT2D eigenvalue weighted by Gasteiger charge is -2.31. The van der Waals surface area contributed by atoms with Crippen LogP contribution in [-0.2, 0) is 5.54 Å². The fraction of sp³-hybridized carbons (Fsp3) is 0.316. The monoisotopic (exact) mass is 348 g/mol. The molecular weight excluding hydrogens is 327 g/mol. The van der Waals surface area contributed by atoms with Gasteiger partial charge in [0.25, 0.3) is 5.91 Å². The summed E-state index contributed by atoms with van der Waals surface area (Å²) in [6, 6.07) is 11.8. The summed E-state index contributed by atoms with van der Waals surface area (Å²) < 4.78 is 13.2. The third-order valence-corrected chi connectivity index (χ3v) is 4.71. The molecule has 0 atom stereocenters. The van der Waals surface area contributed by atoms with Gasteiger partial charge in [0.2, 0.25) is 0 Å². The van der Waals surface area contributed by atoms with Crippen LogP contribution in [0, 0.1) is 12.7 Å². The van der Waals surface area contributed by atoms with Gasteiger partial charge in [0.15, 0.2) is 0 Å². The summed E-state index contributed by atoms with van der Waals surface area (Å²) in [5, 5.41) is 3.20. The lowest BCUT2D eigenvalue weighted by molar-refractivity contribution is 0.0897. The highest BCUT2D eigenvalue weighted by Crippen LogP contribution is 2.39. The van der Waals surface area contributed by atoms with Crippen LogP contribution in [0.3, 0.4) is 0 Å². The highest BCUT2D eigenvalue weighted by atomic mass is 35.5. The topological polar surface area (TPSA) is 55.1 Å². The predicted molar refractivity (Wildman–Crippen MR) is 96.9 cm³/mol. The van der Waals surface area contributed by atoms with E-state index in [0.717, 1.165) is 36.8 Å². The zero-order chi connectivity index (χ0) is 16.4. The molecule has 0 aliphatic heterocycles. The molecule has 24 heavy (non-hydrogen) atoms. The van der Waals surface area contributed by atoms with Crippen molar-refractivity contribution in [2.75, 3.05) is 5.73 Å². The first-order valence-corrected chi connectivity index (χ1v) is 7.95. The van der Waals surface area contributed by atoms with Crippen LogP contribution in [-0.4, -0.2) is 5.91 Å². The van der Waals surface area contributed by atoms with Crippen LogP contribution in [0.2, 0.25) is 0 Å². The number of nitrogens with one attached hydrogen (secondary N) is 1. The summed E-state index contributed by atoms with van der Waals surface area (Å²) in [5.41, 5.74) is 8.42. The summed E-state index contributed by atoms with van der Waals surface area (Å²) in [6.07, 6.45) is 3.83. The van der Waals surface area contributed by atoms with Crippen molar-refractivity contribution in [1.29, 1.82) is 0 Å². The van der Waals surface area contributed by atoms with Crippen molar-refractivity contribution >= 4 is 24.0 Å². The van der Waals surface area contributed by atoms with Crippen LogP contribution in [0.4, 0.5) is 10.1 Å². The van der Waals surface area contributed by atoms with Gasteiger partial charge < -0.3 is 11.1 Å². The molecule has 1 saturated carbocycles. The van der Waals surface area contributed by atoms with Crippen molar-refractivity contribution in [3.8, 4) is 0 Å². The lowest BCUT2D eigenvalue weighted by Crippen LogP contribution is -2.44. The molecule has 5 heteroatoms. The van der Waals surface area contributed by atoms with E-state index >= 15 is 0 Å². The highest BCUT2D eigenvalue weighted by molar-refractivity contribution is 5.97. The van der Waals surface area contributed by atoms with Crippen LogP contribution in [0.25, 0.3) is 0 Å². The SMILES string of the molecule is Cc1ccc(N)cc1C(=O)NC1(c2ccc(F)cc2)CCCC1.Cl. The van der Waals surface area contributed by atoms with E-state index < -0.39 is 5.54 Å². The number of nitrogen functional groups attached to an aromatic ring is 1. The third-order valence-electron chi connectivity index (χ3n) is 4.71. The normalized spacial score (nSPS) is 15.6. The first kappa shape index (κ1) is 18.3. The maximum Gasteiger partial charge on any atom is 0.252 e. The number of rotatable bonds is 3. The Labute approximate surface area is 147 Å². The molecule has 1 aliphatic carbocycles. The van der Waals surface area contributed by atoms with Gasteiger partial charge >= 0.3 is 0 Å². The van der Waals surface area contributed by atoms with Crippen molar-refractivity contribution in [2.45, 2.75) is 38.1 Å². The molecule has 1 amide bonds. The minimum Gasteiger partial charge on any atom is -0.399 e.